The van der Waals surface area contributed by atoms with Crippen LogP contribution in [0.4, 0.5) is 5.69 Å². The first-order valence-corrected chi connectivity index (χ1v) is 5.30. The van der Waals surface area contributed by atoms with Crippen LogP contribution in [0.3, 0.4) is 0 Å². The highest BCUT2D eigenvalue weighted by Gasteiger charge is 2.14. The lowest BCUT2D eigenvalue weighted by Gasteiger charge is -2.10. The number of hydrogen-bond acceptors (Lipinski definition) is 4. The van der Waals surface area contributed by atoms with Gasteiger partial charge in [0.2, 0.25) is 0 Å². The zero-order chi connectivity index (χ0) is 13.1. The summed E-state index contributed by atoms with van der Waals surface area (Å²) in [6.07, 6.45) is 1.52. The summed E-state index contributed by atoms with van der Waals surface area (Å²) in [7, 11) is 0. The zero-order valence-corrected chi connectivity index (χ0v) is 9.75. The summed E-state index contributed by atoms with van der Waals surface area (Å²) in [6, 6.07) is 8.08. The number of anilines is 1. The molecule has 1 heterocycles. The van der Waals surface area contributed by atoms with E-state index in [9.17, 15) is 4.79 Å². The van der Waals surface area contributed by atoms with E-state index in [1.54, 1.807) is 24.3 Å². The topological polar surface area (TPSA) is 85.4 Å². The van der Waals surface area contributed by atoms with Crippen molar-refractivity contribution in [3.63, 3.8) is 0 Å². The Kier molecular flexibility index (Phi) is 3.14. The number of nitrogens with zero attached hydrogens (tertiary/aromatic N) is 1. The number of benzene rings is 1. The Morgan fingerprint density at radius 2 is 2.11 bits per heavy atom. The Balaban J connectivity index is 2.39. The predicted octanol–water partition coefficient (Wildman–Crippen LogP) is 2.46. The molecule has 0 aliphatic heterocycles. The second-order valence-corrected chi connectivity index (χ2v) is 3.77. The van der Waals surface area contributed by atoms with Crippen LogP contribution in [-0.4, -0.2) is 16.1 Å². The Morgan fingerprint density at radius 3 is 2.72 bits per heavy atom. The molecule has 1 aromatic carbocycles. The fourth-order valence-electron chi connectivity index (χ4n) is 1.47. The maximum Gasteiger partial charge on any atom is 0.339 e. The minimum absolute atomic E-state index is 0.0237. The third kappa shape index (κ3) is 2.40. The molecule has 0 amide bonds. The number of ether oxygens (including phenoxy) is 1. The summed E-state index contributed by atoms with van der Waals surface area (Å²) in [6.45, 7) is 1.85. The normalized spacial score (nSPS) is 10.1. The largest absolute Gasteiger partial charge is 0.478 e. The maximum absolute atomic E-state index is 11.1. The molecule has 0 saturated carbocycles. The fourth-order valence-corrected chi connectivity index (χ4v) is 1.47. The van der Waals surface area contributed by atoms with Crippen molar-refractivity contribution in [2.45, 2.75) is 6.92 Å². The number of carboxylic acid groups (broad SMARTS) is 1. The number of aromatic carboxylic acids is 1. The van der Waals surface area contributed by atoms with Crippen molar-refractivity contribution in [2.75, 3.05) is 5.73 Å². The summed E-state index contributed by atoms with van der Waals surface area (Å²) in [5, 5.41) is 9.06. The van der Waals surface area contributed by atoms with Crippen LogP contribution in [0.15, 0.2) is 36.5 Å². The minimum atomic E-state index is -1.09. The number of hydrogen-bond donors (Lipinski definition) is 2. The van der Waals surface area contributed by atoms with Gasteiger partial charge in [0.15, 0.2) is 5.75 Å². The van der Waals surface area contributed by atoms with E-state index in [1.807, 2.05) is 6.92 Å². The molecule has 5 heteroatoms. The molecule has 3 N–H and O–H groups in total. The highest BCUT2D eigenvalue weighted by molar-refractivity contribution is 5.93. The van der Waals surface area contributed by atoms with Gasteiger partial charge in [-0.15, -0.1) is 0 Å². The zero-order valence-electron chi connectivity index (χ0n) is 9.75. The van der Waals surface area contributed by atoms with Gasteiger partial charge in [-0.3, -0.25) is 4.98 Å². The van der Waals surface area contributed by atoms with E-state index in [-0.39, 0.29) is 17.0 Å². The van der Waals surface area contributed by atoms with Crippen LogP contribution >= 0.6 is 0 Å². The third-order valence-electron chi connectivity index (χ3n) is 2.38. The summed E-state index contributed by atoms with van der Waals surface area (Å²) < 4.78 is 5.49. The number of nitrogen functional groups attached to an aromatic ring is 1. The van der Waals surface area contributed by atoms with Crippen molar-refractivity contribution < 1.29 is 14.6 Å². The van der Waals surface area contributed by atoms with Crippen molar-refractivity contribution in [1.82, 2.24) is 4.98 Å². The van der Waals surface area contributed by atoms with E-state index >= 15 is 0 Å². The Bertz CT molecular complexity index is 579. The lowest BCUT2D eigenvalue weighted by Crippen LogP contribution is -2.03. The molecule has 0 bridgehead atoms. The molecule has 0 aliphatic carbocycles. The Hall–Kier alpha value is -2.56. The predicted molar refractivity (Wildman–Crippen MR) is 66.9 cm³/mol. The van der Waals surface area contributed by atoms with Crippen LogP contribution in [-0.2, 0) is 0 Å². The van der Waals surface area contributed by atoms with E-state index in [0.717, 1.165) is 5.69 Å². The Labute approximate surface area is 104 Å². The SMILES string of the molecule is Cc1ccc(Oc2c(N)cccc2C(=O)O)cn1. The van der Waals surface area contributed by atoms with Gasteiger partial charge in [0, 0.05) is 5.69 Å². The number of nitrogens with two attached hydrogens (primary N) is 1. The molecule has 0 radical (unpaired) electrons. The highest BCUT2D eigenvalue weighted by Crippen LogP contribution is 2.31. The molecule has 5 nitrogen and oxygen atoms in total. The van der Waals surface area contributed by atoms with Gasteiger partial charge in [0.05, 0.1) is 11.9 Å². The standard InChI is InChI=1S/C13H12N2O3/c1-8-5-6-9(7-15-8)18-12-10(13(16)17)3-2-4-11(12)14/h2-7H,14H2,1H3,(H,16,17). The number of carbonyl (C=O) groups is 1. The Morgan fingerprint density at radius 1 is 1.33 bits per heavy atom. The van der Waals surface area contributed by atoms with Crippen LogP contribution in [0.5, 0.6) is 11.5 Å². The molecule has 0 fully saturated rings. The minimum Gasteiger partial charge on any atom is -0.478 e. The van der Waals surface area contributed by atoms with Crippen molar-refractivity contribution in [2.24, 2.45) is 0 Å². The smallest absolute Gasteiger partial charge is 0.339 e. The fraction of sp³-hybridized carbons (Fsp3) is 0.0769. The summed E-state index contributed by atoms with van der Waals surface area (Å²) in [4.78, 5) is 15.1. The molecule has 2 rings (SSSR count). The molecule has 1 aromatic heterocycles. The van der Waals surface area contributed by atoms with Crippen molar-refractivity contribution >= 4 is 11.7 Å². The van der Waals surface area contributed by atoms with Crippen molar-refractivity contribution in [1.29, 1.82) is 0 Å². The number of carboxylic acids is 1. The van der Waals surface area contributed by atoms with E-state index < -0.39 is 5.97 Å². The number of pyridine rings is 1. The quantitative estimate of drug-likeness (QED) is 0.810. The van der Waals surface area contributed by atoms with E-state index in [2.05, 4.69) is 4.98 Å². The molecule has 0 atom stereocenters. The average molecular weight is 244 g/mol. The number of para-hydroxylation sites is 1. The second-order valence-electron chi connectivity index (χ2n) is 3.77. The van der Waals surface area contributed by atoms with Gasteiger partial charge in [-0.1, -0.05) is 6.07 Å². The molecule has 0 aliphatic rings. The van der Waals surface area contributed by atoms with Gasteiger partial charge in [0.25, 0.3) is 0 Å². The van der Waals surface area contributed by atoms with Gasteiger partial charge in [-0.05, 0) is 31.2 Å². The van der Waals surface area contributed by atoms with Gasteiger partial charge >= 0.3 is 5.97 Å². The van der Waals surface area contributed by atoms with E-state index in [1.165, 1.54) is 12.3 Å². The molecular weight excluding hydrogens is 232 g/mol. The number of rotatable bonds is 3. The summed E-state index contributed by atoms with van der Waals surface area (Å²) >= 11 is 0. The molecule has 0 spiro atoms. The van der Waals surface area contributed by atoms with Crippen LogP contribution in [0.1, 0.15) is 16.1 Å². The average Bonchev–Trinajstić information content (AvgIpc) is 2.34. The number of aryl methyl sites for hydroxylation is 1. The summed E-state index contributed by atoms with van der Waals surface area (Å²) in [5.74, 6) is -0.506. The first-order valence-electron chi connectivity index (χ1n) is 5.30. The molecule has 0 unspecified atom stereocenters. The molecule has 92 valence electrons. The lowest BCUT2D eigenvalue weighted by atomic mass is 10.2. The number of aromatic nitrogens is 1. The lowest BCUT2D eigenvalue weighted by molar-refractivity contribution is 0.0694. The van der Waals surface area contributed by atoms with E-state index in [0.29, 0.717) is 5.75 Å². The monoisotopic (exact) mass is 244 g/mol. The van der Waals surface area contributed by atoms with Crippen LogP contribution < -0.4 is 10.5 Å². The molecule has 18 heavy (non-hydrogen) atoms. The van der Waals surface area contributed by atoms with Gasteiger partial charge in [-0.2, -0.15) is 0 Å². The van der Waals surface area contributed by atoms with E-state index in [4.69, 9.17) is 15.6 Å². The van der Waals surface area contributed by atoms with Gasteiger partial charge < -0.3 is 15.6 Å². The maximum atomic E-state index is 11.1. The van der Waals surface area contributed by atoms with Crippen LogP contribution in [0.25, 0.3) is 0 Å². The molecular formula is C13H12N2O3. The third-order valence-corrected chi connectivity index (χ3v) is 2.38. The van der Waals surface area contributed by atoms with Crippen molar-refractivity contribution in [3.05, 3.63) is 47.8 Å². The molecule has 0 saturated heterocycles. The summed E-state index contributed by atoms with van der Waals surface area (Å²) in [5.41, 5.74) is 6.87. The van der Waals surface area contributed by atoms with Crippen molar-refractivity contribution in [3.8, 4) is 11.5 Å². The molecule has 2 aromatic rings. The van der Waals surface area contributed by atoms with Gasteiger partial charge in [-0.25, -0.2) is 4.79 Å². The van der Waals surface area contributed by atoms with Crippen LogP contribution in [0, 0.1) is 6.92 Å². The second kappa shape index (κ2) is 4.75. The van der Waals surface area contributed by atoms with Gasteiger partial charge in [0.1, 0.15) is 11.3 Å². The highest BCUT2D eigenvalue weighted by atomic mass is 16.5. The van der Waals surface area contributed by atoms with Crippen LogP contribution in [0.2, 0.25) is 0 Å². The first kappa shape index (κ1) is 11.9. The first-order chi connectivity index (χ1) is 8.58.